The minimum atomic E-state index is -3.86. The second kappa shape index (κ2) is 9.90. The number of anilines is 2. The van der Waals surface area contributed by atoms with E-state index in [0.29, 0.717) is 5.82 Å². The minimum absolute atomic E-state index is 0.00759. The molecule has 10 heteroatoms. The van der Waals surface area contributed by atoms with Crippen LogP contribution < -0.4 is 26.1 Å². The molecule has 160 valence electrons. The number of rotatable bonds is 5. The lowest BCUT2D eigenvalue weighted by atomic mass is 10.1. The highest BCUT2D eigenvalue weighted by Crippen LogP contribution is 2.24. The highest BCUT2D eigenvalue weighted by molar-refractivity contribution is 7.89. The van der Waals surface area contributed by atoms with Crippen molar-refractivity contribution < 1.29 is 18.0 Å². The summed E-state index contributed by atoms with van der Waals surface area (Å²) in [6.07, 6.45) is 1.96. The lowest BCUT2D eigenvalue weighted by Gasteiger charge is -2.13. The predicted octanol–water partition coefficient (Wildman–Crippen LogP) is 2.04. The summed E-state index contributed by atoms with van der Waals surface area (Å²) in [7, 11) is 0.151. The number of hydroxylamine groups is 1. The molecule has 0 aliphatic rings. The van der Waals surface area contributed by atoms with Crippen LogP contribution in [0, 0.1) is 0 Å². The van der Waals surface area contributed by atoms with Crippen LogP contribution in [-0.4, -0.2) is 33.4 Å². The van der Waals surface area contributed by atoms with Crippen molar-refractivity contribution in [2.24, 2.45) is 5.14 Å². The maximum Gasteiger partial charge on any atom is 0.252 e. The van der Waals surface area contributed by atoms with Crippen LogP contribution in [0.25, 0.3) is 10.8 Å². The number of amides is 1. The molecule has 1 amide bonds. The summed E-state index contributed by atoms with van der Waals surface area (Å²) in [4.78, 5) is 21.7. The monoisotopic (exact) mass is 431 g/mol. The van der Waals surface area contributed by atoms with Crippen molar-refractivity contribution in [3.8, 4) is 5.75 Å². The fraction of sp³-hybridized carbons (Fsp3) is 0.200. The van der Waals surface area contributed by atoms with E-state index in [1.165, 1.54) is 18.2 Å². The van der Waals surface area contributed by atoms with Gasteiger partial charge in [0.2, 0.25) is 10.0 Å². The van der Waals surface area contributed by atoms with Crippen LogP contribution in [0.3, 0.4) is 0 Å². The first-order chi connectivity index (χ1) is 14.1. The number of aromatic nitrogens is 1. The van der Waals surface area contributed by atoms with Gasteiger partial charge in [-0.2, -0.15) is 5.48 Å². The number of carbonyl (C=O) groups is 1. The molecule has 0 fully saturated rings. The lowest BCUT2D eigenvalue weighted by molar-refractivity contribution is -0.127. The van der Waals surface area contributed by atoms with E-state index in [9.17, 15) is 13.2 Å². The molecule has 1 aromatic heterocycles. The standard InChI is InChI=1S/C11H13N3.C9H12N2O4S/c1-14(2)9-4-3-8-5-6-13-11(12)10(8)7-9;1-2-9(12)11-15-7-5-3-4-6-8(7)16(10,13)14/h3-7H,1-2H3,(H2,12,13);3-6H,2H2,1H3,(H,11,12)(H2,10,13,14). The smallest absolute Gasteiger partial charge is 0.252 e. The van der Waals surface area contributed by atoms with Gasteiger partial charge in [0.15, 0.2) is 5.75 Å². The fourth-order valence-electron chi connectivity index (χ4n) is 2.41. The van der Waals surface area contributed by atoms with Crippen molar-refractivity contribution >= 4 is 38.2 Å². The van der Waals surface area contributed by atoms with Gasteiger partial charge in [-0.1, -0.05) is 25.1 Å². The number of nitrogen functional groups attached to an aromatic ring is 1. The summed E-state index contributed by atoms with van der Waals surface area (Å²) in [6.45, 7) is 1.64. The van der Waals surface area contributed by atoms with Gasteiger partial charge in [0.25, 0.3) is 5.91 Å². The van der Waals surface area contributed by atoms with Crippen LogP contribution >= 0.6 is 0 Å². The average Bonchev–Trinajstić information content (AvgIpc) is 2.72. The minimum Gasteiger partial charge on any atom is -0.383 e. The summed E-state index contributed by atoms with van der Waals surface area (Å²) in [5.41, 5.74) is 9.03. The normalized spacial score (nSPS) is 10.7. The molecule has 2 aromatic carbocycles. The van der Waals surface area contributed by atoms with E-state index < -0.39 is 10.0 Å². The third-order valence-electron chi connectivity index (χ3n) is 4.05. The number of carbonyl (C=O) groups excluding carboxylic acids is 1. The van der Waals surface area contributed by atoms with Crippen LogP contribution in [0.4, 0.5) is 11.5 Å². The Morgan fingerprint density at radius 3 is 2.50 bits per heavy atom. The summed E-state index contributed by atoms with van der Waals surface area (Å²) < 4.78 is 22.3. The van der Waals surface area contributed by atoms with Crippen LogP contribution in [0.15, 0.2) is 59.6 Å². The number of pyridine rings is 1. The maximum absolute atomic E-state index is 11.2. The molecule has 0 bridgehead atoms. The van der Waals surface area contributed by atoms with Gasteiger partial charge in [-0.25, -0.2) is 18.5 Å². The molecular formula is C20H25N5O4S. The molecule has 0 aliphatic heterocycles. The summed E-state index contributed by atoms with van der Waals surface area (Å²) in [6, 6.07) is 13.9. The molecule has 5 N–H and O–H groups in total. The van der Waals surface area contributed by atoms with Gasteiger partial charge in [0.05, 0.1) is 0 Å². The second-order valence-corrected chi connectivity index (χ2v) is 8.00. The third kappa shape index (κ3) is 6.06. The average molecular weight is 432 g/mol. The van der Waals surface area contributed by atoms with Crippen molar-refractivity contribution in [2.75, 3.05) is 24.7 Å². The number of nitrogens with zero attached hydrogens (tertiary/aromatic N) is 2. The largest absolute Gasteiger partial charge is 0.383 e. The Hall–Kier alpha value is -3.37. The molecule has 0 unspecified atom stereocenters. The topological polar surface area (TPSA) is 141 Å². The number of nitrogens with one attached hydrogen (secondary N) is 1. The SMILES string of the molecule is CCC(=O)NOc1ccccc1S(N)(=O)=O.CN(C)c1ccc2ccnc(N)c2c1. The number of benzene rings is 2. The van der Waals surface area contributed by atoms with Gasteiger partial charge in [0.1, 0.15) is 10.7 Å². The number of fused-ring (bicyclic) bond motifs is 1. The van der Waals surface area contributed by atoms with E-state index in [1.807, 2.05) is 25.1 Å². The van der Waals surface area contributed by atoms with E-state index in [2.05, 4.69) is 28.7 Å². The lowest BCUT2D eigenvalue weighted by Crippen LogP contribution is -2.27. The molecule has 0 saturated carbocycles. The maximum atomic E-state index is 11.2. The summed E-state index contributed by atoms with van der Waals surface area (Å²) in [5, 5.41) is 7.12. The van der Waals surface area contributed by atoms with Gasteiger partial charge in [-0.15, -0.1) is 0 Å². The highest BCUT2D eigenvalue weighted by atomic mass is 32.2. The first-order valence-corrected chi connectivity index (χ1v) is 10.6. The van der Waals surface area contributed by atoms with Crippen LogP contribution in [0.1, 0.15) is 13.3 Å². The number of sulfonamides is 1. The molecule has 1 heterocycles. The Labute approximate surface area is 175 Å². The first-order valence-electron chi connectivity index (χ1n) is 9.02. The molecule has 3 rings (SSSR count). The zero-order chi connectivity index (χ0) is 22.3. The van der Waals surface area contributed by atoms with Crippen LogP contribution in [-0.2, 0) is 14.8 Å². The van der Waals surface area contributed by atoms with Crippen molar-refractivity contribution in [1.29, 1.82) is 0 Å². The Morgan fingerprint density at radius 1 is 1.17 bits per heavy atom. The molecule has 30 heavy (non-hydrogen) atoms. The van der Waals surface area contributed by atoms with Crippen molar-refractivity contribution in [3.05, 3.63) is 54.7 Å². The molecule has 9 nitrogen and oxygen atoms in total. The van der Waals surface area contributed by atoms with Crippen LogP contribution in [0.2, 0.25) is 0 Å². The molecule has 0 saturated heterocycles. The third-order valence-corrected chi connectivity index (χ3v) is 5.00. The number of primary sulfonamides is 1. The molecule has 0 spiro atoms. The van der Waals surface area contributed by atoms with E-state index in [4.69, 9.17) is 15.7 Å². The van der Waals surface area contributed by atoms with Gasteiger partial charge in [-0.05, 0) is 35.7 Å². The van der Waals surface area contributed by atoms with Gasteiger partial charge in [0, 0.05) is 37.8 Å². The number of para-hydroxylation sites is 1. The van der Waals surface area contributed by atoms with Crippen molar-refractivity contribution in [2.45, 2.75) is 18.2 Å². The number of hydrogen-bond acceptors (Lipinski definition) is 7. The molecular weight excluding hydrogens is 406 g/mol. The van der Waals surface area contributed by atoms with Gasteiger partial charge >= 0.3 is 0 Å². The van der Waals surface area contributed by atoms with E-state index >= 15 is 0 Å². The highest BCUT2D eigenvalue weighted by Gasteiger charge is 2.15. The van der Waals surface area contributed by atoms with Crippen LogP contribution in [0.5, 0.6) is 5.75 Å². The Balaban J connectivity index is 0.000000215. The molecule has 3 aromatic rings. The summed E-state index contributed by atoms with van der Waals surface area (Å²) >= 11 is 0. The quantitative estimate of drug-likeness (QED) is 0.525. The molecule has 0 aliphatic carbocycles. The van der Waals surface area contributed by atoms with E-state index in [-0.39, 0.29) is 23.0 Å². The zero-order valence-electron chi connectivity index (χ0n) is 17.0. The zero-order valence-corrected chi connectivity index (χ0v) is 17.8. The number of nitrogens with two attached hydrogens (primary N) is 2. The fourth-order valence-corrected chi connectivity index (χ4v) is 3.07. The Kier molecular flexibility index (Phi) is 7.56. The Bertz CT molecular complexity index is 1130. The van der Waals surface area contributed by atoms with Crippen molar-refractivity contribution in [1.82, 2.24) is 10.5 Å². The van der Waals surface area contributed by atoms with E-state index in [1.54, 1.807) is 19.2 Å². The van der Waals surface area contributed by atoms with Gasteiger partial charge in [-0.3, -0.25) is 4.79 Å². The Morgan fingerprint density at radius 2 is 1.87 bits per heavy atom. The molecule has 0 atom stereocenters. The van der Waals surface area contributed by atoms with Crippen molar-refractivity contribution in [3.63, 3.8) is 0 Å². The predicted molar refractivity (Wildman–Crippen MR) is 117 cm³/mol. The first kappa shape index (κ1) is 22.9. The second-order valence-electron chi connectivity index (χ2n) is 6.47. The summed E-state index contributed by atoms with van der Waals surface area (Å²) in [5.74, 6) is 0.224. The van der Waals surface area contributed by atoms with Gasteiger partial charge < -0.3 is 15.5 Å². The number of hydrogen-bond donors (Lipinski definition) is 3. The van der Waals surface area contributed by atoms with E-state index in [0.717, 1.165) is 16.5 Å². The molecule has 0 radical (unpaired) electrons.